The van der Waals surface area contributed by atoms with E-state index in [1.165, 1.54) is 113 Å². The number of nitrogens with zero attached hydrogens (tertiary/aromatic N) is 3. The molecule has 0 amide bonds. The van der Waals surface area contributed by atoms with Crippen LogP contribution in [0.5, 0.6) is 5.75 Å². The molecule has 0 radical (unpaired) electrons. The first kappa shape index (κ1) is 34.0. The molecule has 1 aromatic carbocycles. The van der Waals surface area contributed by atoms with Crippen LogP contribution in [-0.2, 0) is 6.42 Å². The number of quaternary nitrogens is 1. The van der Waals surface area contributed by atoms with Crippen molar-refractivity contribution in [2.75, 3.05) is 32.8 Å². The van der Waals surface area contributed by atoms with Crippen LogP contribution in [0.2, 0.25) is 0 Å². The van der Waals surface area contributed by atoms with Gasteiger partial charge in [0.25, 0.3) is 0 Å². The van der Waals surface area contributed by atoms with E-state index in [9.17, 15) is 0 Å². The van der Waals surface area contributed by atoms with Crippen LogP contribution in [0.3, 0.4) is 0 Å². The summed E-state index contributed by atoms with van der Waals surface area (Å²) in [7, 11) is 0. The number of unbranched alkanes of at least 4 members (excludes halogenated alkanes) is 8. The zero-order valence-electron chi connectivity index (χ0n) is 25.1. The van der Waals surface area contributed by atoms with Crippen molar-refractivity contribution >= 4 is 0 Å². The molecular weight excluding hydrogens is 470 g/mol. The summed E-state index contributed by atoms with van der Waals surface area (Å²) in [6.45, 7) is 15.2. The smallest absolute Gasteiger partial charge is 0.159 e. The van der Waals surface area contributed by atoms with E-state index in [-0.39, 0.29) is 5.48 Å². The summed E-state index contributed by atoms with van der Waals surface area (Å²) in [4.78, 5) is 9.26. The molecule has 1 heterocycles. The first-order valence-electron chi connectivity index (χ1n) is 15.6. The molecule has 0 aliphatic rings. The maximum absolute atomic E-state index is 6.15. The molecule has 0 fully saturated rings. The van der Waals surface area contributed by atoms with Crippen LogP contribution in [0.25, 0.3) is 11.4 Å². The number of ether oxygens (including phenoxy) is 1. The Morgan fingerprint density at radius 3 is 1.66 bits per heavy atom. The standard InChI is InChI=1S/C33H56N3O.H2O/c1-5-9-13-14-15-16-18-30-28-34-33(35-29-30)31-19-21-32(22-20-31)37-27-17-26-36(23-10-6-2,24-11-7-3)25-12-8-4;/h19-22,28-29H,5-18,23-27H2,1-4H3;1H2/q+1;/p-1. The Bertz CT molecular complexity index is 786. The van der Waals surface area contributed by atoms with Gasteiger partial charge in [-0.05, 0) is 61.9 Å². The third kappa shape index (κ3) is 13.2. The van der Waals surface area contributed by atoms with Gasteiger partial charge in [0.1, 0.15) is 5.75 Å². The van der Waals surface area contributed by atoms with E-state index in [2.05, 4.69) is 61.9 Å². The van der Waals surface area contributed by atoms with Crippen molar-refractivity contribution in [1.82, 2.24) is 9.97 Å². The molecule has 1 aromatic heterocycles. The molecule has 0 aliphatic carbocycles. The normalized spacial score (nSPS) is 11.4. The third-order valence-corrected chi connectivity index (χ3v) is 7.64. The van der Waals surface area contributed by atoms with Gasteiger partial charge in [-0.25, -0.2) is 9.97 Å². The maximum atomic E-state index is 6.15. The molecule has 216 valence electrons. The molecule has 0 bridgehead atoms. The van der Waals surface area contributed by atoms with E-state index in [1.54, 1.807) is 0 Å². The van der Waals surface area contributed by atoms with E-state index in [4.69, 9.17) is 4.74 Å². The SMILES string of the molecule is CCCCCCCCc1cnc(-c2ccc(OCCC[N+](CCCC)(CCCC)CCCC)cc2)nc1.[OH-]. The quantitative estimate of drug-likeness (QED) is 0.113. The average Bonchev–Trinajstić information content (AvgIpc) is 2.94. The molecule has 0 aliphatic heterocycles. The minimum atomic E-state index is 0. The Kier molecular flexibility index (Phi) is 18.7. The van der Waals surface area contributed by atoms with Gasteiger partial charge in [-0.3, -0.25) is 0 Å². The highest BCUT2D eigenvalue weighted by Crippen LogP contribution is 2.21. The number of aromatic nitrogens is 2. The monoisotopic (exact) mass is 527 g/mol. The summed E-state index contributed by atoms with van der Waals surface area (Å²) < 4.78 is 7.44. The highest BCUT2D eigenvalue weighted by atomic mass is 16.5. The molecule has 0 atom stereocenters. The van der Waals surface area contributed by atoms with Gasteiger partial charge in [0.05, 0.1) is 32.8 Å². The maximum Gasteiger partial charge on any atom is 0.159 e. The van der Waals surface area contributed by atoms with Gasteiger partial charge in [-0.15, -0.1) is 0 Å². The lowest BCUT2D eigenvalue weighted by molar-refractivity contribution is -0.929. The largest absolute Gasteiger partial charge is 0.870 e. The highest BCUT2D eigenvalue weighted by Gasteiger charge is 2.25. The summed E-state index contributed by atoms with van der Waals surface area (Å²) in [5.41, 5.74) is 2.29. The second kappa shape index (κ2) is 20.9. The fourth-order valence-corrected chi connectivity index (χ4v) is 5.18. The lowest BCUT2D eigenvalue weighted by Gasteiger charge is -2.39. The highest BCUT2D eigenvalue weighted by molar-refractivity contribution is 5.55. The molecule has 38 heavy (non-hydrogen) atoms. The third-order valence-electron chi connectivity index (χ3n) is 7.64. The Morgan fingerprint density at radius 1 is 0.605 bits per heavy atom. The number of hydrogen-bond acceptors (Lipinski definition) is 4. The van der Waals surface area contributed by atoms with Crippen LogP contribution in [0.4, 0.5) is 0 Å². The molecular formula is C33H57N3O2. The lowest BCUT2D eigenvalue weighted by atomic mass is 10.1. The van der Waals surface area contributed by atoms with E-state index in [1.807, 2.05) is 12.4 Å². The van der Waals surface area contributed by atoms with Gasteiger partial charge in [-0.2, -0.15) is 0 Å². The Labute approximate surface area is 234 Å². The Morgan fingerprint density at radius 2 is 1.11 bits per heavy atom. The first-order chi connectivity index (χ1) is 18.2. The molecule has 5 heteroatoms. The predicted molar refractivity (Wildman–Crippen MR) is 161 cm³/mol. The van der Waals surface area contributed by atoms with Gasteiger partial charge in [0.2, 0.25) is 0 Å². The first-order valence-corrected chi connectivity index (χ1v) is 15.6. The molecule has 5 nitrogen and oxygen atoms in total. The summed E-state index contributed by atoms with van der Waals surface area (Å²) in [6, 6.07) is 8.30. The van der Waals surface area contributed by atoms with Crippen LogP contribution < -0.4 is 4.74 Å². The number of benzene rings is 1. The van der Waals surface area contributed by atoms with Gasteiger partial charge < -0.3 is 14.7 Å². The van der Waals surface area contributed by atoms with Crippen LogP contribution in [0.1, 0.15) is 117 Å². The van der Waals surface area contributed by atoms with Crippen molar-refractivity contribution in [2.24, 2.45) is 0 Å². The number of hydrogen-bond donors (Lipinski definition) is 0. The zero-order chi connectivity index (χ0) is 26.6. The second-order valence-electron chi connectivity index (χ2n) is 11.0. The zero-order valence-corrected chi connectivity index (χ0v) is 25.1. The Balaban J connectivity index is 0.00000722. The number of rotatable bonds is 22. The van der Waals surface area contributed by atoms with E-state index < -0.39 is 0 Å². The van der Waals surface area contributed by atoms with Gasteiger partial charge in [0.15, 0.2) is 5.82 Å². The van der Waals surface area contributed by atoms with Crippen molar-refractivity contribution < 1.29 is 14.7 Å². The van der Waals surface area contributed by atoms with Crippen molar-refractivity contribution in [3.8, 4) is 17.1 Å². The molecule has 2 aromatic rings. The molecule has 0 saturated carbocycles. The molecule has 2 rings (SSSR count). The predicted octanol–water partition coefficient (Wildman–Crippen LogP) is 8.86. The fraction of sp³-hybridized carbons (Fsp3) is 0.697. The van der Waals surface area contributed by atoms with Crippen molar-refractivity contribution in [3.63, 3.8) is 0 Å². The van der Waals surface area contributed by atoms with Crippen LogP contribution in [0.15, 0.2) is 36.7 Å². The molecule has 0 saturated heterocycles. The van der Waals surface area contributed by atoms with E-state index in [0.29, 0.717) is 0 Å². The topological polar surface area (TPSA) is 65.0 Å². The minimum absolute atomic E-state index is 0. The summed E-state index contributed by atoms with van der Waals surface area (Å²) in [5.74, 6) is 1.74. The van der Waals surface area contributed by atoms with E-state index in [0.717, 1.165) is 36.6 Å². The summed E-state index contributed by atoms with van der Waals surface area (Å²) >= 11 is 0. The minimum Gasteiger partial charge on any atom is -0.870 e. The lowest BCUT2D eigenvalue weighted by Crippen LogP contribution is -2.51. The number of aryl methyl sites for hydroxylation is 1. The molecule has 0 unspecified atom stereocenters. The molecule has 0 spiro atoms. The van der Waals surface area contributed by atoms with Gasteiger partial charge in [0, 0.05) is 24.4 Å². The van der Waals surface area contributed by atoms with Crippen LogP contribution in [0, 0.1) is 0 Å². The molecule has 1 N–H and O–H groups in total. The van der Waals surface area contributed by atoms with Crippen LogP contribution >= 0.6 is 0 Å². The summed E-state index contributed by atoms with van der Waals surface area (Å²) in [5, 5.41) is 0. The van der Waals surface area contributed by atoms with Crippen molar-refractivity contribution in [3.05, 3.63) is 42.2 Å². The van der Waals surface area contributed by atoms with Crippen molar-refractivity contribution in [1.29, 1.82) is 0 Å². The van der Waals surface area contributed by atoms with Gasteiger partial charge in [-0.1, -0.05) is 79.1 Å². The van der Waals surface area contributed by atoms with Crippen LogP contribution in [-0.4, -0.2) is 52.7 Å². The van der Waals surface area contributed by atoms with Gasteiger partial charge >= 0.3 is 0 Å². The fourth-order valence-electron chi connectivity index (χ4n) is 5.18. The van der Waals surface area contributed by atoms with E-state index >= 15 is 0 Å². The summed E-state index contributed by atoms with van der Waals surface area (Å²) in [6.07, 6.45) is 21.9. The second-order valence-corrected chi connectivity index (χ2v) is 11.0. The Hall–Kier alpha value is -1.98. The van der Waals surface area contributed by atoms with Crippen molar-refractivity contribution in [2.45, 2.75) is 118 Å². The average molecular weight is 528 g/mol.